The predicted octanol–water partition coefficient (Wildman–Crippen LogP) is 0.831. The molecule has 1 heterocycles. The molecule has 0 saturated heterocycles. The number of hydrogen-bond acceptors (Lipinski definition) is 2. The first-order chi connectivity index (χ1) is 7.22. The standard InChI is InChI=1S/C11H13FN2O/c1-13-11(15)8-4-7-2-3-14-6-9(7)10(12)5-8/h4-5,14H,2-3,6H2,1H3,(H,13,15). The summed E-state index contributed by atoms with van der Waals surface area (Å²) in [6.45, 7) is 1.39. The Kier molecular flexibility index (Phi) is 2.68. The summed E-state index contributed by atoms with van der Waals surface area (Å²) in [5.74, 6) is -0.534. The summed E-state index contributed by atoms with van der Waals surface area (Å²) in [6, 6.07) is 3.07. The second-order valence-corrected chi connectivity index (χ2v) is 3.60. The van der Waals surface area contributed by atoms with Gasteiger partial charge in [-0.2, -0.15) is 0 Å². The van der Waals surface area contributed by atoms with Crippen LogP contribution in [0.25, 0.3) is 0 Å². The first-order valence-corrected chi connectivity index (χ1v) is 4.96. The second kappa shape index (κ2) is 3.98. The van der Waals surface area contributed by atoms with Gasteiger partial charge in [-0.15, -0.1) is 0 Å². The zero-order valence-electron chi connectivity index (χ0n) is 8.56. The number of rotatable bonds is 1. The van der Waals surface area contributed by atoms with E-state index in [1.54, 1.807) is 13.1 Å². The maximum absolute atomic E-state index is 13.6. The van der Waals surface area contributed by atoms with Crippen molar-refractivity contribution in [2.75, 3.05) is 13.6 Å². The molecule has 15 heavy (non-hydrogen) atoms. The summed E-state index contributed by atoms with van der Waals surface area (Å²) in [7, 11) is 1.54. The molecule has 0 fully saturated rings. The van der Waals surface area contributed by atoms with Gasteiger partial charge in [-0.25, -0.2) is 4.39 Å². The van der Waals surface area contributed by atoms with Gasteiger partial charge in [-0.1, -0.05) is 0 Å². The summed E-state index contributed by atoms with van der Waals surface area (Å²) in [5.41, 5.74) is 2.02. The molecule has 0 saturated carbocycles. The Morgan fingerprint density at radius 1 is 1.53 bits per heavy atom. The van der Waals surface area contributed by atoms with Crippen molar-refractivity contribution in [3.05, 3.63) is 34.6 Å². The third kappa shape index (κ3) is 1.85. The number of halogens is 1. The molecule has 0 spiro atoms. The van der Waals surface area contributed by atoms with Crippen molar-refractivity contribution in [1.29, 1.82) is 0 Å². The topological polar surface area (TPSA) is 41.1 Å². The lowest BCUT2D eigenvalue weighted by Crippen LogP contribution is -2.26. The van der Waals surface area contributed by atoms with E-state index in [9.17, 15) is 9.18 Å². The lowest BCUT2D eigenvalue weighted by Gasteiger charge is -2.18. The van der Waals surface area contributed by atoms with E-state index >= 15 is 0 Å². The first-order valence-electron chi connectivity index (χ1n) is 4.96. The normalized spacial score (nSPS) is 14.5. The Morgan fingerprint density at radius 2 is 2.33 bits per heavy atom. The Labute approximate surface area is 87.7 Å². The van der Waals surface area contributed by atoms with E-state index in [1.165, 1.54) is 6.07 Å². The van der Waals surface area contributed by atoms with E-state index in [0.717, 1.165) is 18.5 Å². The van der Waals surface area contributed by atoms with Crippen LogP contribution in [0.4, 0.5) is 4.39 Å². The van der Waals surface area contributed by atoms with E-state index in [2.05, 4.69) is 10.6 Å². The van der Waals surface area contributed by atoms with Gasteiger partial charge in [0.25, 0.3) is 5.91 Å². The average molecular weight is 208 g/mol. The van der Waals surface area contributed by atoms with Crippen LogP contribution < -0.4 is 10.6 Å². The lowest BCUT2D eigenvalue weighted by atomic mass is 9.97. The molecule has 1 aromatic rings. The molecule has 3 nitrogen and oxygen atoms in total. The molecular formula is C11H13FN2O. The van der Waals surface area contributed by atoms with Crippen molar-refractivity contribution >= 4 is 5.91 Å². The van der Waals surface area contributed by atoms with Crippen molar-refractivity contribution in [3.8, 4) is 0 Å². The fourth-order valence-corrected chi connectivity index (χ4v) is 1.83. The molecule has 0 radical (unpaired) electrons. The van der Waals surface area contributed by atoms with Gasteiger partial charge in [-0.05, 0) is 30.7 Å². The number of benzene rings is 1. The predicted molar refractivity (Wildman–Crippen MR) is 55.2 cm³/mol. The summed E-state index contributed by atoms with van der Waals surface area (Å²) in [5, 5.41) is 5.60. The highest BCUT2D eigenvalue weighted by atomic mass is 19.1. The van der Waals surface area contributed by atoms with Crippen LogP contribution in [0, 0.1) is 5.82 Å². The van der Waals surface area contributed by atoms with Gasteiger partial charge in [0.05, 0.1) is 0 Å². The van der Waals surface area contributed by atoms with Crippen LogP contribution in [0.5, 0.6) is 0 Å². The van der Waals surface area contributed by atoms with E-state index in [4.69, 9.17) is 0 Å². The van der Waals surface area contributed by atoms with Gasteiger partial charge in [0, 0.05) is 24.7 Å². The van der Waals surface area contributed by atoms with Crippen LogP contribution in [-0.2, 0) is 13.0 Å². The number of fused-ring (bicyclic) bond motifs is 1. The highest BCUT2D eigenvalue weighted by molar-refractivity contribution is 5.94. The fraction of sp³-hybridized carbons (Fsp3) is 0.364. The molecule has 2 rings (SSSR count). The number of amides is 1. The van der Waals surface area contributed by atoms with Crippen LogP contribution in [0.2, 0.25) is 0 Å². The lowest BCUT2D eigenvalue weighted by molar-refractivity contribution is 0.0962. The van der Waals surface area contributed by atoms with Crippen LogP contribution >= 0.6 is 0 Å². The monoisotopic (exact) mass is 208 g/mol. The smallest absolute Gasteiger partial charge is 0.251 e. The third-order valence-corrected chi connectivity index (χ3v) is 2.65. The SMILES string of the molecule is CNC(=O)c1cc(F)c2c(c1)CCNC2. The Morgan fingerprint density at radius 3 is 3.07 bits per heavy atom. The maximum Gasteiger partial charge on any atom is 0.251 e. The molecule has 0 unspecified atom stereocenters. The summed E-state index contributed by atoms with van der Waals surface area (Å²) < 4.78 is 13.6. The zero-order chi connectivity index (χ0) is 10.8. The number of carbonyl (C=O) groups excluding carboxylic acids is 1. The second-order valence-electron chi connectivity index (χ2n) is 3.60. The van der Waals surface area contributed by atoms with E-state index in [1.807, 2.05) is 0 Å². The van der Waals surface area contributed by atoms with E-state index < -0.39 is 0 Å². The minimum Gasteiger partial charge on any atom is -0.355 e. The molecule has 0 aliphatic carbocycles. The summed E-state index contributed by atoms with van der Waals surface area (Å²) in [4.78, 5) is 11.4. The Bertz CT molecular complexity index is 404. The van der Waals surface area contributed by atoms with Crippen LogP contribution in [0.3, 0.4) is 0 Å². The van der Waals surface area contributed by atoms with Crippen molar-refractivity contribution < 1.29 is 9.18 Å². The summed E-state index contributed by atoms with van der Waals surface area (Å²) >= 11 is 0. The Balaban J connectivity index is 2.45. The van der Waals surface area contributed by atoms with Gasteiger partial charge < -0.3 is 10.6 Å². The maximum atomic E-state index is 13.6. The zero-order valence-corrected chi connectivity index (χ0v) is 8.56. The molecule has 1 aromatic carbocycles. The van der Waals surface area contributed by atoms with Gasteiger partial charge in [0.2, 0.25) is 0 Å². The third-order valence-electron chi connectivity index (χ3n) is 2.65. The molecule has 1 amide bonds. The molecule has 0 atom stereocenters. The van der Waals surface area contributed by atoms with E-state index in [-0.39, 0.29) is 11.7 Å². The number of carbonyl (C=O) groups is 1. The fourth-order valence-electron chi connectivity index (χ4n) is 1.83. The Hall–Kier alpha value is -1.42. The van der Waals surface area contributed by atoms with Gasteiger partial charge in [0.1, 0.15) is 5.82 Å². The molecule has 1 aliphatic heterocycles. The van der Waals surface area contributed by atoms with Crippen molar-refractivity contribution in [2.24, 2.45) is 0 Å². The first kappa shape index (κ1) is 10.1. The van der Waals surface area contributed by atoms with Gasteiger partial charge in [-0.3, -0.25) is 4.79 Å². The minimum absolute atomic E-state index is 0.241. The molecule has 0 bridgehead atoms. The van der Waals surface area contributed by atoms with Crippen molar-refractivity contribution in [3.63, 3.8) is 0 Å². The van der Waals surface area contributed by atoms with Crippen molar-refractivity contribution in [1.82, 2.24) is 10.6 Å². The van der Waals surface area contributed by atoms with Gasteiger partial charge in [0.15, 0.2) is 0 Å². The molecule has 2 N–H and O–H groups in total. The molecular weight excluding hydrogens is 195 g/mol. The van der Waals surface area contributed by atoms with Crippen LogP contribution in [-0.4, -0.2) is 19.5 Å². The minimum atomic E-state index is -0.293. The molecule has 4 heteroatoms. The number of hydrogen-bond donors (Lipinski definition) is 2. The van der Waals surface area contributed by atoms with Crippen LogP contribution in [0.1, 0.15) is 21.5 Å². The average Bonchev–Trinajstić information content (AvgIpc) is 2.28. The van der Waals surface area contributed by atoms with Gasteiger partial charge >= 0.3 is 0 Å². The molecule has 80 valence electrons. The molecule has 1 aliphatic rings. The van der Waals surface area contributed by atoms with E-state index in [0.29, 0.717) is 17.7 Å². The quantitative estimate of drug-likeness (QED) is 0.717. The van der Waals surface area contributed by atoms with Crippen LogP contribution in [0.15, 0.2) is 12.1 Å². The molecule has 0 aromatic heterocycles. The summed E-state index contributed by atoms with van der Waals surface area (Å²) in [6.07, 6.45) is 0.775. The highest BCUT2D eigenvalue weighted by Gasteiger charge is 2.16. The highest BCUT2D eigenvalue weighted by Crippen LogP contribution is 2.19. The largest absolute Gasteiger partial charge is 0.355 e. The number of nitrogens with one attached hydrogen (secondary N) is 2. The van der Waals surface area contributed by atoms with Crippen molar-refractivity contribution in [2.45, 2.75) is 13.0 Å².